The van der Waals surface area contributed by atoms with Gasteiger partial charge in [0.15, 0.2) is 0 Å². The van der Waals surface area contributed by atoms with Crippen LogP contribution < -0.4 is 16.0 Å². The number of benzene rings is 1. The molecular formula is C13H13N3O3. The Bertz CT molecular complexity index is 593. The van der Waals surface area contributed by atoms with Crippen LogP contribution in [0.1, 0.15) is 6.92 Å². The number of amides is 3. The lowest BCUT2D eigenvalue weighted by atomic mass is 10.2. The molecule has 0 fully saturated rings. The summed E-state index contributed by atoms with van der Waals surface area (Å²) < 4.78 is 5.00. The van der Waals surface area contributed by atoms with Crippen LogP contribution in [0.3, 0.4) is 0 Å². The molecule has 1 heterocycles. The molecule has 0 saturated heterocycles. The zero-order valence-electron chi connectivity index (χ0n) is 10.3. The highest BCUT2D eigenvalue weighted by atomic mass is 16.3. The molecule has 1 aromatic heterocycles. The molecule has 0 unspecified atom stereocenters. The van der Waals surface area contributed by atoms with Crippen molar-refractivity contribution >= 4 is 29.2 Å². The Morgan fingerprint density at radius 2 is 2.05 bits per heavy atom. The Morgan fingerprint density at radius 3 is 2.63 bits per heavy atom. The Hall–Kier alpha value is -2.76. The van der Waals surface area contributed by atoms with Gasteiger partial charge in [0, 0.05) is 18.7 Å². The number of hydrogen-bond donors (Lipinski definition) is 2. The molecule has 3 amide bonds. The third-order valence-corrected chi connectivity index (χ3v) is 2.40. The SMILES string of the molecule is CC(=O)N(C(=O)Nc1ccco1)c1cccc(N)c1. The van der Waals surface area contributed by atoms with Gasteiger partial charge in [-0.2, -0.15) is 0 Å². The molecule has 0 spiro atoms. The summed E-state index contributed by atoms with van der Waals surface area (Å²) in [5, 5.41) is 2.48. The Labute approximate surface area is 109 Å². The largest absolute Gasteiger partial charge is 0.449 e. The number of hydrogen-bond acceptors (Lipinski definition) is 4. The zero-order chi connectivity index (χ0) is 13.8. The molecule has 2 rings (SSSR count). The third kappa shape index (κ3) is 2.92. The Balaban J connectivity index is 2.25. The van der Waals surface area contributed by atoms with Crippen LogP contribution in [0.2, 0.25) is 0 Å². The lowest BCUT2D eigenvalue weighted by Crippen LogP contribution is -2.38. The molecule has 0 atom stereocenters. The first-order valence-electron chi connectivity index (χ1n) is 5.58. The van der Waals surface area contributed by atoms with Crippen LogP contribution in [0, 0.1) is 0 Å². The lowest BCUT2D eigenvalue weighted by Gasteiger charge is -2.19. The van der Waals surface area contributed by atoms with Gasteiger partial charge in [-0.05, 0) is 24.3 Å². The fraction of sp³-hybridized carbons (Fsp3) is 0.0769. The van der Waals surface area contributed by atoms with E-state index in [1.165, 1.54) is 13.2 Å². The summed E-state index contributed by atoms with van der Waals surface area (Å²) in [6.45, 7) is 1.30. The quantitative estimate of drug-likeness (QED) is 0.811. The molecular weight excluding hydrogens is 246 g/mol. The van der Waals surface area contributed by atoms with Gasteiger partial charge in [-0.3, -0.25) is 10.1 Å². The fourth-order valence-electron chi connectivity index (χ4n) is 1.62. The summed E-state index contributed by atoms with van der Waals surface area (Å²) >= 11 is 0. The van der Waals surface area contributed by atoms with Crippen LogP contribution in [0.5, 0.6) is 0 Å². The van der Waals surface area contributed by atoms with Crippen LogP contribution in [0.4, 0.5) is 22.1 Å². The number of nitrogens with two attached hydrogens (primary N) is 1. The maximum absolute atomic E-state index is 12.1. The van der Waals surface area contributed by atoms with Gasteiger partial charge in [-0.15, -0.1) is 0 Å². The number of carbonyl (C=O) groups excluding carboxylic acids is 2. The molecule has 6 nitrogen and oxygen atoms in total. The first-order chi connectivity index (χ1) is 9.08. The van der Waals surface area contributed by atoms with E-state index in [2.05, 4.69) is 5.32 Å². The van der Waals surface area contributed by atoms with Crippen molar-refractivity contribution in [2.45, 2.75) is 6.92 Å². The lowest BCUT2D eigenvalue weighted by molar-refractivity contribution is -0.115. The van der Waals surface area contributed by atoms with Gasteiger partial charge in [0.05, 0.1) is 12.0 Å². The molecule has 19 heavy (non-hydrogen) atoms. The topological polar surface area (TPSA) is 88.6 Å². The van der Waals surface area contributed by atoms with Crippen LogP contribution in [-0.2, 0) is 4.79 Å². The highest BCUT2D eigenvalue weighted by molar-refractivity contribution is 6.17. The van der Waals surface area contributed by atoms with Gasteiger partial charge in [0.2, 0.25) is 11.8 Å². The van der Waals surface area contributed by atoms with E-state index in [4.69, 9.17) is 10.2 Å². The van der Waals surface area contributed by atoms with Crippen molar-refractivity contribution in [2.75, 3.05) is 16.0 Å². The minimum Gasteiger partial charge on any atom is -0.449 e. The molecule has 3 N–H and O–H groups in total. The summed E-state index contributed by atoms with van der Waals surface area (Å²) in [6, 6.07) is 9.12. The van der Waals surface area contributed by atoms with Crippen LogP contribution in [0.15, 0.2) is 47.1 Å². The molecule has 6 heteroatoms. The van der Waals surface area contributed by atoms with Crippen molar-refractivity contribution in [3.8, 4) is 0 Å². The predicted octanol–water partition coefficient (Wildman–Crippen LogP) is 2.45. The number of imide groups is 1. The summed E-state index contributed by atoms with van der Waals surface area (Å²) in [6.07, 6.45) is 1.42. The third-order valence-electron chi connectivity index (χ3n) is 2.40. The van der Waals surface area contributed by atoms with Crippen molar-refractivity contribution < 1.29 is 14.0 Å². The second kappa shape index (κ2) is 5.26. The molecule has 1 aromatic carbocycles. The normalized spacial score (nSPS) is 9.95. The predicted molar refractivity (Wildman–Crippen MR) is 71.7 cm³/mol. The highest BCUT2D eigenvalue weighted by Gasteiger charge is 2.21. The van der Waals surface area contributed by atoms with Crippen molar-refractivity contribution in [3.63, 3.8) is 0 Å². The maximum Gasteiger partial charge on any atom is 0.335 e. The van der Waals surface area contributed by atoms with Gasteiger partial charge < -0.3 is 10.2 Å². The number of urea groups is 1. The van der Waals surface area contributed by atoms with E-state index in [1.807, 2.05) is 0 Å². The van der Waals surface area contributed by atoms with Gasteiger partial charge in [0.1, 0.15) is 0 Å². The number of nitrogens with one attached hydrogen (secondary N) is 1. The van der Waals surface area contributed by atoms with E-state index < -0.39 is 11.9 Å². The second-order valence-corrected chi connectivity index (χ2v) is 3.86. The summed E-state index contributed by atoms with van der Waals surface area (Å²) in [4.78, 5) is 24.7. The first kappa shape index (κ1) is 12.7. The van der Waals surface area contributed by atoms with Crippen molar-refractivity contribution in [2.24, 2.45) is 0 Å². The highest BCUT2D eigenvalue weighted by Crippen LogP contribution is 2.19. The average Bonchev–Trinajstić information content (AvgIpc) is 2.81. The smallest absolute Gasteiger partial charge is 0.335 e. The average molecular weight is 259 g/mol. The standard InChI is InChI=1S/C13H13N3O3/c1-9(17)16(11-5-2-4-10(14)8-11)13(18)15-12-6-3-7-19-12/h2-8H,14H2,1H3,(H,15,18). The number of furan rings is 1. The number of rotatable bonds is 2. The molecule has 0 saturated carbocycles. The Morgan fingerprint density at radius 1 is 1.26 bits per heavy atom. The Kier molecular flexibility index (Phi) is 3.51. The van der Waals surface area contributed by atoms with Gasteiger partial charge in [-0.1, -0.05) is 6.07 Å². The van der Waals surface area contributed by atoms with E-state index in [-0.39, 0.29) is 5.88 Å². The molecule has 0 aliphatic carbocycles. The van der Waals surface area contributed by atoms with E-state index >= 15 is 0 Å². The molecule has 2 aromatic rings. The summed E-state index contributed by atoms with van der Waals surface area (Å²) in [7, 11) is 0. The van der Waals surface area contributed by atoms with Crippen LogP contribution >= 0.6 is 0 Å². The summed E-state index contributed by atoms with van der Waals surface area (Å²) in [5.74, 6) is -0.158. The van der Waals surface area contributed by atoms with Crippen molar-refractivity contribution in [1.29, 1.82) is 0 Å². The fourth-order valence-corrected chi connectivity index (χ4v) is 1.62. The number of carbonyl (C=O) groups is 2. The van der Waals surface area contributed by atoms with E-state index in [0.29, 0.717) is 11.4 Å². The first-order valence-corrected chi connectivity index (χ1v) is 5.58. The molecule has 0 radical (unpaired) electrons. The summed E-state index contributed by atoms with van der Waals surface area (Å²) in [5.41, 5.74) is 6.51. The minimum atomic E-state index is -0.604. The number of nitrogen functional groups attached to an aromatic ring is 1. The number of anilines is 3. The molecule has 98 valence electrons. The van der Waals surface area contributed by atoms with E-state index in [1.54, 1.807) is 36.4 Å². The zero-order valence-corrected chi connectivity index (χ0v) is 10.3. The second-order valence-electron chi connectivity index (χ2n) is 3.86. The van der Waals surface area contributed by atoms with Crippen molar-refractivity contribution in [1.82, 2.24) is 0 Å². The maximum atomic E-state index is 12.1. The molecule has 0 aliphatic rings. The number of nitrogens with zero attached hydrogens (tertiary/aromatic N) is 1. The molecule has 0 aliphatic heterocycles. The van der Waals surface area contributed by atoms with Crippen molar-refractivity contribution in [3.05, 3.63) is 42.7 Å². The van der Waals surface area contributed by atoms with Gasteiger partial charge >= 0.3 is 6.03 Å². The van der Waals surface area contributed by atoms with Gasteiger partial charge in [-0.25, -0.2) is 9.69 Å². The minimum absolute atomic E-state index is 0.264. The monoisotopic (exact) mass is 259 g/mol. The van der Waals surface area contributed by atoms with E-state index in [9.17, 15) is 9.59 Å². The van der Waals surface area contributed by atoms with Crippen LogP contribution in [-0.4, -0.2) is 11.9 Å². The molecule has 0 bridgehead atoms. The van der Waals surface area contributed by atoms with Gasteiger partial charge in [0.25, 0.3) is 0 Å². The van der Waals surface area contributed by atoms with E-state index in [0.717, 1.165) is 4.90 Å². The van der Waals surface area contributed by atoms with Crippen LogP contribution in [0.25, 0.3) is 0 Å².